The van der Waals surface area contributed by atoms with E-state index in [-0.39, 0.29) is 22.4 Å². The zero-order valence-electron chi connectivity index (χ0n) is 10.3. The molecule has 0 aliphatic carbocycles. The number of nitrogens with zero attached hydrogens (tertiary/aromatic N) is 1. The van der Waals surface area contributed by atoms with E-state index in [0.717, 1.165) is 6.42 Å². The van der Waals surface area contributed by atoms with E-state index in [0.29, 0.717) is 6.42 Å². The van der Waals surface area contributed by atoms with Crippen LogP contribution in [0.1, 0.15) is 30.1 Å². The fraction of sp³-hybridized carbons (Fsp3) is 0.417. The fourth-order valence-corrected chi connectivity index (χ4v) is 1.98. The van der Waals surface area contributed by atoms with Crippen molar-refractivity contribution in [3.63, 3.8) is 0 Å². The highest BCUT2D eigenvalue weighted by molar-refractivity contribution is 6.34. The Balaban J connectivity index is 2.66. The molecule has 104 valence electrons. The Bertz CT molecular complexity index is 480. The van der Waals surface area contributed by atoms with Gasteiger partial charge >= 0.3 is 5.97 Å². The van der Waals surface area contributed by atoms with Gasteiger partial charge in [-0.25, -0.2) is 4.98 Å². The topological polar surface area (TPSA) is 79.3 Å². The molecule has 5 nitrogen and oxygen atoms in total. The third-order valence-corrected chi connectivity index (χ3v) is 3.05. The highest BCUT2D eigenvalue weighted by Crippen LogP contribution is 2.16. The maximum Gasteiger partial charge on any atom is 0.308 e. The smallest absolute Gasteiger partial charge is 0.308 e. The number of amides is 1. The molecule has 7 heteroatoms. The van der Waals surface area contributed by atoms with E-state index in [1.165, 1.54) is 12.1 Å². The summed E-state index contributed by atoms with van der Waals surface area (Å²) in [5.74, 6) is -1.99. The summed E-state index contributed by atoms with van der Waals surface area (Å²) in [5, 5.41) is 11.7. The lowest BCUT2D eigenvalue weighted by atomic mass is 10.0. The maximum atomic E-state index is 11.8. The van der Waals surface area contributed by atoms with Crippen molar-refractivity contribution in [2.24, 2.45) is 5.92 Å². The number of hydrogen-bond acceptors (Lipinski definition) is 3. The average molecular weight is 305 g/mol. The number of carbonyl (C=O) groups is 2. The average Bonchev–Trinajstić information content (AvgIpc) is 2.33. The second kappa shape index (κ2) is 7.31. The van der Waals surface area contributed by atoms with Crippen LogP contribution < -0.4 is 5.32 Å². The number of aromatic nitrogens is 1. The second-order valence-corrected chi connectivity index (χ2v) is 4.75. The summed E-state index contributed by atoms with van der Waals surface area (Å²) >= 11 is 11.4. The summed E-state index contributed by atoms with van der Waals surface area (Å²) < 4.78 is 0. The van der Waals surface area contributed by atoms with Gasteiger partial charge in [0.2, 0.25) is 0 Å². The summed E-state index contributed by atoms with van der Waals surface area (Å²) in [7, 11) is 0. The van der Waals surface area contributed by atoms with Crippen LogP contribution in [0.15, 0.2) is 12.1 Å². The van der Waals surface area contributed by atoms with Crippen LogP contribution in [-0.4, -0.2) is 28.5 Å². The van der Waals surface area contributed by atoms with Crippen LogP contribution in [-0.2, 0) is 4.79 Å². The first-order valence-corrected chi connectivity index (χ1v) is 6.54. The van der Waals surface area contributed by atoms with Crippen molar-refractivity contribution in [1.82, 2.24) is 10.3 Å². The molecule has 2 N–H and O–H groups in total. The lowest BCUT2D eigenvalue weighted by Crippen LogP contribution is -2.33. The Hall–Kier alpha value is -1.33. The molecule has 0 spiro atoms. The summed E-state index contributed by atoms with van der Waals surface area (Å²) in [4.78, 5) is 26.5. The van der Waals surface area contributed by atoms with Gasteiger partial charge in [-0.15, -0.1) is 0 Å². The molecule has 0 fully saturated rings. The number of halogens is 2. The van der Waals surface area contributed by atoms with E-state index in [2.05, 4.69) is 10.3 Å². The molecule has 1 aromatic heterocycles. The molecule has 1 heterocycles. The zero-order valence-corrected chi connectivity index (χ0v) is 11.8. The zero-order chi connectivity index (χ0) is 14.4. The van der Waals surface area contributed by atoms with Crippen LogP contribution in [0, 0.1) is 5.92 Å². The van der Waals surface area contributed by atoms with E-state index in [4.69, 9.17) is 28.3 Å². The van der Waals surface area contributed by atoms with Crippen molar-refractivity contribution in [3.05, 3.63) is 28.0 Å². The number of carboxylic acids is 1. The van der Waals surface area contributed by atoms with Gasteiger partial charge in [-0.1, -0.05) is 36.5 Å². The first-order chi connectivity index (χ1) is 8.95. The van der Waals surface area contributed by atoms with Gasteiger partial charge in [0.05, 0.1) is 11.5 Å². The predicted molar refractivity (Wildman–Crippen MR) is 72.6 cm³/mol. The molecule has 0 bridgehead atoms. The van der Waals surface area contributed by atoms with E-state index in [1.54, 1.807) is 0 Å². The molecule has 0 aliphatic heterocycles. The van der Waals surface area contributed by atoms with Crippen molar-refractivity contribution < 1.29 is 14.7 Å². The first-order valence-electron chi connectivity index (χ1n) is 5.78. The SMILES string of the molecule is CCCC(CNC(=O)c1ccc(Cl)nc1Cl)C(=O)O. The van der Waals surface area contributed by atoms with Gasteiger partial charge in [0.15, 0.2) is 0 Å². The third kappa shape index (κ3) is 4.69. The van der Waals surface area contributed by atoms with Crippen molar-refractivity contribution in [2.75, 3.05) is 6.54 Å². The molecule has 19 heavy (non-hydrogen) atoms. The summed E-state index contributed by atoms with van der Waals surface area (Å²) in [6.45, 7) is 1.94. The van der Waals surface area contributed by atoms with E-state index < -0.39 is 17.8 Å². The van der Waals surface area contributed by atoms with Crippen LogP contribution in [0.3, 0.4) is 0 Å². The van der Waals surface area contributed by atoms with Gasteiger partial charge in [-0.3, -0.25) is 9.59 Å². The van der Waals surface area contributed by atoms with Gasteiger partial charge in [0, 0.05) is 6.54 Å². The molecular weight excluding hydrogens is 291 g/mol. The monoisotopic (exact) mass is 304 g/mol. The van der Waals surface area contributed by atoms with Crippen molar-refractivity contribution >= 4 is 35.1 Å². The Morgan fingerprint density at radius 1 is 1.42 bits per heavy atom. The highest BCUT2D eigenvalue weighted by Gasteiger charge is 2.19. The van der Waals surface area contributed by atoms with Crippen LogP contribution >= 0.6 is 23.2 Å². The fourth-order valence-electron chi connectivity index (χ4n) is 1.55. The molecule has 0 aromatic carbocycles. The van der Waals surface area contributed by atoms with E-state index in [9.17, 15) is 9.59 Å². The van der Waals surface area contributed by atoms with Gasteiger partial charge in [-0.05, 0) is 18.6 Å². The van der Waals surface area contributed by atoms with Gasteiger partial charge in [0.25, 0.3) is 5.91 Å². The van der Waals surface area contributed by atoms with Crippen molar-refractivity contribution in [2.45, 2.75) is 19.8 Å². The number of carboxylic acid groups (broad SMARTS) is 1. The standard InChI is InChI=1S/C12H14Cl2N2O3/c1-2-3-7(12(18)19)6-15-11(17)8-4-5-9(13)16-10(8)14/h4-5,7H,2-3,6H2,1H3,(H,15,17)(H,18,19). The molecule has 1 rings (SSSR count). The minimum Gasteiger partial charge on any atom is -0.481 e. The van der Waals surface area contributed by atoms with Gasteiger partial charge < -0.3 is 10.4 Å². The molecule has 0 saturated heterocycles. The van der Waals surface area contributed by atoms with Crippen molar-refractivity contribution in [3.8, 4) is 0 Å². The quantitative estimate of drug-likeness (QED) is 0.792. The third-order valence-electron chi connectivity index (χ3n) is 2.55. The van der Waals surface area contributed by atoms with E-state index >= 15 is 0 Å². The number of aliphatic carboxylic acids is 1. The molecule has 1 amide bonds. The Labute approximate surface area is 120 Å². The lowest BCUT2D eigenvalue weighted by molar-refractivity contribution is -0.141. The van der Waals surface area contributed by atoms with Crippen LogP contribution in [0.5, 0.6) is 0 Å². The molecule has 0 saturated carbocycles. The Morgan fingerprint density at radius 3 is 2.63 bits per heavy atom. The van der Waals surface area contributed by atoms with Gasteiger partial charge in [-0.2, -0.15) is 0 Å². The number of nitrogens with one attached hydrogen (secondary N) is 1. The Morgan fingerprint density at radius 2 is 2.11 bits per heavy atom. The maximum absolute atomic E-state index is 11.8. The Kier molecular flexibility index (Phi) is 6.05. The minimum atomic E-state index is -0.928. The van der Waals surface area contributed by atoms with Crippen molar-refractivity contribution in [1.29, 1.82) is 0 Å². The number of hydrogen-bond donors (Lipinski definition) is 2. The summed E-state index contributed by atoms with van der Waals surface area (Å²) in [6.07, 6.45) is 1.23. The first kappa shape index (κ1) is 15.7. The lowest BCUT2D eigenvalue weighted by Gasteiger charge is -2.12. The number of pyridine rings is 1. The van der Waals surface area contributed by atoms with Gasteiger partial charge in [0.1, 0.15) is 10.3 Å². The largest absolute Gasteiger partial charge is 0.481 e. The molecular formula is C12H14Cl2N2O3. The molecule has 1 unspecified atom stereocenters. The van der Waals surface area contributed by atoms with Crippen LogP contribution in [0.25, 0.3) is 0 Å². The van der Waals surface area contributed by atoms with Crippen LogP contribution in [0.4, 0.5) is 0 Å². The normalized spacial score (nSPS) is 11.9. The predicted octanol–water partition coefficient (Wildman–Crippen LogP) is 2.62. The summed E-state index contributed by atoms with van der Waals surface area (Å²) in [5.41, 5.74) is 0.173. The number of rotatable bonds is 6. The second-order valence-electron chi connectivity index (χ2n) is 4.01. The summed E-state index contributed by atoms with van der Waals surface area (Å²) in [6, 6.07) is 2.89. The molecule has 0 radical (unpaired) electrons. The minimum absolute atomic E-state index is 0.00707. The highest BCUT2D eigenvalue weighted by atomic mass is 35.5. The molecule has 1 atom stereocenters. The molecule has 0 aliphatic rings. The molecule has 1 aromatic rings. The number of carbonyl (C=O) groups excluding carboxylic acids is 1. The van der Waals surface area contributed by atoms with E-state index in [1.807, 2.05) is 6.92 Å². The van der Waals surface area contributed by atoms with Crippen LogP contribution in [0.2, 0.25) is 10.3 Å².